The monoisotopic (exact) mass is 337 g/mol. The first-order valence-corrected chi connectivity index (χ1v) is 8.57. The van der Waals surface area contributed by atoms with Crippen molar-refractivity contribution in [3.8, 4) is 0 Å². The van der Waals surface area contributed by atoms with Gasteiger partial charge in [-0.2, -0.15) is 12.6 Å². The molecule has 1 heterocycles. The van der Waals surface area contributed by atoms with Gasteiger partial charge in [0.1, 0.15) is 5.60 Å². The van der Waals surface area contributed by atoms with E-state index in [-0.39, 0.29) is 6.09 Å². The van der Waals surface area contributed by atoms with Crippen LogP contribution in [0.5, 0.6) is 0 Å². The summed E-state index contributed by atoms with van der Waals surface area (Å²) in [7, 11) is 0. The molecule has 1 fully saturated rings. The van der Waals surface area contributed by atoms with Gasteiger partial charge in [0.05, 0.1) is 0 Å². The molecule has 0 atom stereocenters. The number of hydrogen-bond donors (Lipinski definition) is 2. The lowest BCUT2D eigenvalue weighted by molar-refractivity contribution is 0.0240. The number of carbonyl (C=O) groups excluding carboxylic acids is 1. The molecule has 1 aromatic carbocycles. The second-order valence-electron chi connectivity index (χ2n) is 6.93. The number of nitrogens with two attached hydrogens (primary N) is 1. The highest BCUT2D eigenvalue weighted by molar-refractivity contribution is 7.79. The molecular weight excluding hydrogens is 310 g/mol. The fourth-order valence-corrected chi connectivity index (χ4v) is 2.93. The van der Waals surface area contributed by atoms with Crippen LogP contribution in [0.15, 0.2) is 12.1 Å². The zero-order chi connectivity index (χ0) is 17.2. The lowest BCUT2D eigenvalue weighted by Crippen LogP contribution is -2.50. The number of amides is 1. The first kappa shape index (κ1) is 17.8. The van der Waals surface area contributed by atoms with Crippen LogP contribution in [0.2, 0.25) is 0 Å². The summed E-state index contributed by atoms with van der Waals surface area (Å²) >= 11 is 4.38. The molecule has 128 valence electrons. The fourth-order valence-electron chi connectivity index (χ4n) is 2.60. The summed E-state index contributed by atoms with van der Waals surface area (Å²) in [4.78, 5) is 16.1. The van der Waals surface area contributed by atoms with Gasteiger partial charge in [-0.15, -0.1) is 0 Å². The number of ether oxygens (including phenoxy) is 1. The minimum absolute atomic E-state index is 0.239. The third kappa shape index (κ3) is 4.47. The van der Waals surface area contributed by atoms with Crippen molar-refractivity contribution in [3.63, 3.8) is 0 Å². The van der Waals surface area contributed by atoms with Crippen LogP contribution in [-0.2, 0) is 10.5 Å². The summed E-state index contributed by atoms with van der Waals surface area (Å²) < 4.78 is 5.43. The summed E-state index contributed by atoms with van der Waals surface area (Å²) in [6.45, 7) is 10.5. The zero-order valence-corrected chi connectivity index (χ0v) is 15.3. The number of rotatable bonds is 2. The largest absolute Gasteiger partial charge is 0.444 e. The molecule has 1 aromatic rings. The van der Waals surface area contributed by atoms with Crippen LogP contribution in [0.1, 0.15) is 31.9 Å². The second-order valence-corrected chi connectivity index (χ2v) is 7.25. The van der Waals surface area contributed by atoms with Crippen molar-refractivity contribution in [2.45, 2.75) is 39.0 Å². The molecule has 1 amide bonds. The molecule has 0 aliphatic carbocycles. The highest BCUT2D eigenvalue weighted by atomic mass is 32.1. The highest BCUT2D eigenvalue weighted by Gasteiger charge is 2.26. The smallest absolute Gasteiger partial charge is 0.410 e. The van der Waals surface area contributed by atoms with Crippen LogP contribution in [0.3, 0.4) is 0 Å². The summed E-state index contributed by atoms with van der Waals surface area (Å²) in [5, 5.41) is 0. The van der Waals surface area contributed by atoms with E-state index in [1.165, 1.54) is 0 Å². The number of hydrogen-bond acceptors (Lipinski definition) is 5. The molecule has 0 spiro atoms. The van der Waals surface area contributed by atoms with Crippen LogP contribution in [0, 0.1) is 6.92 Å². The van der Waals surface area contributed by atoms with Crippen molar-refractivity contribution >= 4 is 30.1 Å². The topological polar surface area (TPSA) is 58.8 Å². The lowest BCUT2D eigenvalue weighted by atomic mass is 10.1. The van der Waals surface area contributed by atoms with Crippen LogP contribution in [0.25, 0.3) is 0 Å². The zero-order valence-electron chi connectivity index (χ0n) is 14.4. The molecule has 6 heteroatoms. The van der Waals surface area contributed by atoms with Gasteiger partial charge in [0.25, 0.3) is 0 Å². The van der Waals surface area contributed by atoms with Gasteiger partial charge in [-0.25, -0.2) is 4.79 Å². The van der Waals surface area contributed by atoms with E-state index in [0.717, 1.165) is 35.6 Å². The minimum atomic E-state index is -0.457. The molecule has 23 heavy (non-hydrogen) atoms. The van der Waals surface area contributed by atoms with Crippen molar-refractivity contribution in [3.05, 3.63) is 23.3 Å². The van der Waals surface area contributed by atoms with Crippen molar-refractivity contribution in [2.24, 2.45) is 0 Å². The predicted molar refractivity (Wildman–Crippen MR) is 98.3 cm³/mol. The summed E-state index contributed by atoms with van der Waals surface area (Å²) in [6, 6.07) is 4.15. The van der Waals surface area contributed by atoms with E-state index in [4.69, 9.17) is 10.5 Å². The number of thiol groups is 1. The Morgan fingerprint density at radius 3 is 2.39 bits per heavy atom. The Labute approximate surface area is 144 Å². The third-order valence-corrected chi connectivity index (χ3v) is 4.35. The van der Waals surface area contributed by atoms with E-state index in [0.29, 0.717) is 18.8 Å². The van der Waals surface area contributed by atoms with Gasteiger partial charge in [-0.3, -0.25) is 0 Å². The number of piperazine rings is 1. The first-order valence-electron chi connectivity index (χ1n) is 7.94. The predicted octanol–water partition coefficient (Wildman–Crippen LogP) is 3.06. The molecule has 1 aliphatic rings. The van der Waals surface area contributed by atoms with E-state index in [1.54, 1.807) is 4.90 Å². The number of anilines is 2. The normalized spacial score (nSPS) is 15.7. The van der Waals surface area contributed by atoms with Crippen molar-refractivity contribution in [2.75, 3.05) is 36.8 Å². The molecule has 1 saturated heterocycles. The van der Waals surface area contributed by atoms with Gasteiger partial charge in [0.2, 0.25) is 0 Å². The average Bonchev–Trinajstić information content (AvgIpc) is 2.48. The van der Waals surface area contributed by atoms with E-state index < -0.39 is 5.60 Å². The molecule has 2 N–H and O–H groups in total. The number of carbonyl (C=O) groups is 1. The van der Waals surface area contributed by atoms with Gasteiger partial charge in [-0.1, -0.05) is 0 Å². The number of benzene rings is 1. The molecule has 0 saturated carbocycles. The van der Waals surface area contributed by atoms with Crippen LogP contribution in [0.4, 0.5) is 16.2 Å². The van der Waals surface area contributed by atoms with Gasteiger partial charge < -0.3 is 20.3 Å². The Kier molecular flexibility index (Phi) is 5.34. The quantitative estimate of drug-likeness (QED) is 0.643. The van der Waals surface area contributed by atoms with Gasteiger partial charge >= 0.3 is 6.09 Å². The van der Waals surface area contributed by atoms with Gasteiger partial charge in [-0.05, 0) is 51.0 Å². The molecular formula is C17H27N3O2S. The first-order chi connectivity index (χ1) is 10.7. The van der Waals surface area contributed by atoms with E-state index >= 15 is 0 Å². The molecule has 0 bridgehead atoms. The average molecular weight is 337 g/mol. The lowest BCUT2D eigenvalue weighted by Gasteiger charge is -2.37. The molecule has 0 aromatic heterocycles. The Bertz CT molecular complexity index is 576. The maximum atomic E-state index is 12.1. The molecule has 2 rings (SSSR count). The number of nitrogens with zero attached hydrogens (tertiary/aromatic N) is 2. The summed E-state index contributed by atoms with van der Waals surface area (Å²) in [6.07, 6.45) is -0.239. The molecule has 5 nitrogen and oxygen atoms in total. The molecule has 0 unspecified atom stereocenters. The third-order valence-electron chi connectivity index (χ3n) is 4.01. The van der Waals surface area contributed by atoms with Crippen molar-refractivity contribution in [1.29, 1.82) is 0 Å². The fraction of sp³-hybridized carbons (Fsp3) is 0.588. The van der Waals surface area contributed by atoms with E-state index in [2.05, 4.69) is 23.6 Å². The summed E-state index contributed by atoms with van der Waals surface area (Å²) in [5.41, 5.74) is 9.78. The van der Waals surface area contributed by atoms with Crippen molar-refractivity contribution < 1.29 is 9.53 Å². The standard InChI is InChI=1S/C17H27N3O2S/c1-12-13(11-23)9-14(10-15(12)18)19-5-7-20(8-6-19)16(21)22-17(2,3)4/h9-10,23H,5-8,11,18H2,1-4H3. The molecule has 0 radical (unpaired) electrons. The van der Waals surface area contributed by atoms with Crippen molar-refractivity contribution in [1.82, 2.24) is 4.90 Å². The number of nitrogen functional groups attached to an aromatic ring is 1. The highest BCUT2D eigenvalue weighted by Crippen LogP contribution is 2.27. The Hall–Kier alpha value is -1.56. The summed E-state index contributed by atoms with van der Waals surface area (Å²) in [5.74, 6) is 0.668. The Morgan fingerprint density at radius 1 is 1.26 bits per heavy atom. The maximum Gasteiger partial charge on any atom is 0.410 e. The van der Waals surface area contributed by atoms with E-state index in [9.17, 15) is 4.79 Å². The minimum Gasteiger partial charge on any atom is -0.444 e. The SMILES string of the molecule is Cc1c(N)cc(N2CCN(C(=O)OC(C)(C)C)CC2)cc1CS. The van der Waals surface area contributed by atoms with Gasteiger partial charge in [0, 0.05) is 43.3 Å². The maximum absolute atomic E-state index is 12.1. The second kappa shape index (κ2) is 6.91. The van der Waals surface area contributed by atoms with E-state index in [1.807, 2.05) is 33.8 Å². The van der Waals surface area contributed by atoms with Crippen LogP contribution >= 0.6 is 12.6 Å². The molecule has 1 aliphatic heterocycles. The Balaban J connectivity index is 2.02. The van der Waals surface area contributed by atoms with Gasteiger partial charge in [0.15, 0.2) is 0 Å². The van der Waals surface area contributed by atoms with Crippen LogP contribution < -0.4 is 10.6 Å². The van der Waals surface area contributed by atoms with Crippen LogP contribution in [-0.4, -0.2) is 42.8 Å². The Morgan fingerprint density at radius 2 is 1.87 bits per heavy atom.